The molecule has 0 radical (unpaired) electrons. The Balaban J connectivity index is 2.93. The average molecular weight is 428 g/mol. The minimum atomic E-state index is -0.511. The second kappa shape index (κ2) is 8.64. The highest BCUT2D eigenvalue weighted by Crippen LogP contribution is 2.31. The van der Waals surface area contributed by atoms with Gasteiger partial charge in [-0.1, -0.05) is 15.9 Å². The lowest BCUT2D eigenvalue weighted by Gasteiger charge is -2.12. The van der Waals surface area contributed by atoms with Crippen LogP contribution < -0.4 is 5.32 Å². The van der Waals surface area contributed by atoms with Gasteiger partial charge in [0, 0.05) is 21.2 Å². The molecule has 0 aliphatic carbocycles. The molecule has 0 atom stereocenters. The van der Waals surface area contributed by atoms with Crippen molar-refractivity contribution in [2.75, 3.05) is 18.3 Å². The van der Waals surface area contributed by atoms with Crippen molar-refractivity contribution in [1.29, 1.82) is 0 Å². The number of nitrogens with one attached hydrogen (secondary N) is 1. The van der Waals surface area contributed by atoms with Crippen LogP contribution in [0.5, 0.6) is 0 Å². The van der Waals surface area contributed by atoms with Crippen molar-refractivity contribution in [3.8, 4) is 0 Å². The van der Waals surface area contributed by atoms with Crippen molar-refractivity contribution < 1.29 is 14.3 Å². The zero-order valence-corrected chi connectivity index (χ0v) is 14.8. The van der Waals surface area contributed by atoms with Crippen molar-refractivity contribution in [3.63, 3.8) is 0 Å². The number of unbranched alkanes of at least 4 members (excludes halogenated alkanes) is 1. The third kappa shape index (κ3) is 5.07. The number of esters is 1. The maximum absolute atomic E-state index is 11.8. The third-order valence-electron chi connectivity index (χ3n) is 2.51. The van der Waals surface area contributed by atoms with Gasteiger partial charge in [0.15, 0.2) is 0 Å². The highest BCUT2D eigenvalue weighted by atomic mass is 79.9. The number of benzene rings is 1. The number of ether oxygens (including phenoxy) is 1. The first-order chi connectivity index (χ1) is 9.49. The number of methoxy groups -OCH3 is 1. The van der Waals surface area contributed by atoms with Crippen molar-refractivity contribution in [2.45, 2.75) is 19.3 Å². The number of hydrogen-bond donors (Lipinski definition) is 1. The molecule has 4 nitrogen and oxygen atoms in total. The third-order valence-corrected chi connectivity index (χ3v) is 3.86. The normalized spacial score (nSPS) is 10.2. The summed E-state index contributed by atoms with van der Waals surface area (Å²) in [6, 6.07) is 3.35. The van der Waals surface area contributed by atoms with E-state index in [2.05, 4.69) is 37.2 Å². The molecule has 0 bridgehead atoms. The Morgan fingerprint density at radius 1 is 1.30 bits per heavy atom. The van der Waals surface area contributed by atoms with Gasteiger partial charge in [0.1, 0.15) is 0 Å². The van der Waals surface area contributed by atoms with Gasteiger partial charge in [0.2, 0.25) is 5.91 Å². The lowest BCUT2D eigenvalue weighted by atomic mass is 10.1. The fourth-order valence-corrected chi connectivity index (χ4v) is 3.07. The highest BCUT2D eigenvalue weighted by molar-refractivity contribution is 9.11. The summed E-state index contributed by atoms with van der Waals surface area (Å²) in [6.07, 6.45) is 1.84. The summed E-state index contributed by atoms with van der Waals surface area (Å²) in [7, 11) is 1.29. The molecule has 1 amide bonds. The number of halogens is 3. The van der Waals surface area contributed by atoms with Crippen LogP contribution in [0.25, 0.3) is 0 Å². The van der Waals surface area contributed by atoms with Crippen molar-refractivity contribution in [2.24, 2.45) is 0 Å². The van der Waals surface area contributed by atoms with Crippen LogP contribution in [-0.4, -0.2) is 24.9 Å². The molecule has 0 unspecified atom stereocenters. The van der Waals surface area contributed by atoms with E-state index in [4.69, 9.17) is 16.3 Å². The van der Waals surface area contributed by atoms with E-state index < -0.39 is 5.97 Å². The number of anilines is 1. The molecule has 1 N–H and O–H groups in total. The fourth-order valence-electron chi connectivity index (χ4n) is 1.55. The largest absolute Gasteiger partial charge is 0.465 e. The molecule has 7 heteroatoms. The molecule has 1 aromatic rings. The van der Waals surface area contributed by atoms with Crippen LogP contribution in [0.4, 0.5) is 5.69 Å². The van der Waals surface area contributed by atoms with Crippen LogP contribution in [0.3, 0.4) is 0 Å². The first kappa shape index (κ1) is 17.5. The summed E-state index contributed by atoms with van der Waals surface area (Å²) < 4.78 is 6.04. The summed E-state index contributed by atoms with van der Waals surface area (Å²) in [4.78, 5) is 23.6. The highest BCUT2D eigenvalue weighted by Gasteiger charge is 2.17. The van der Waals surface area contributed by atoms with Crippen LogP contribution in [0, 0.1) is 0 Å². The Bertz CT molecular complexity index is 509. The first-order valence-electron chi connectivity index (χ1n) is 5.92. The molecular weight excluding hydrogens is 413 g/mol. The molecule has 1 rings (SSSR count). The van der Waals surface area contributed by atoms with Crippen LogP contribution in [-0.2, 0) is 9.53 Å². The minimum Gasteiger partial charge on any atom is -0.465 e. The summed E-state index contributed by atoms with van der Waals surface area (Å²) in [5, 5.41) is 2.73. The molecular formula is C13H14Br2ClNO3. The van der Waals surface area contributed by atoms with Gasteiger partial charge >= 0.3 is 5.97 Å². The zero-order chi connectivity index (χ0) is 15.1. The molecule has 0 spiro atoms. The molecule has 0 aliphatic heterocycles. The molecule has 0 aliphatic rings. The quantitative estimate of drug-likeness (QED) is 0.417. The van der Waals surface area contributed by atoms with Crippen molar-refractivity contribution in [3.05, 3.63) is 26.6 Å². The predicted octanol–water partition coefficient (Wildman–Crippen LogP) is 4.35. The molecule has 0 fully saturated rings. The van der Waals surface area contributed by atoms with Crippen LogP contribution in [0.1, 0.15) is 29.6 Å². The lowest BCUT2D eigenvalue weighted by Crippen LogP contribution is -2.15. The number of carbonyl (C=O) groups is 2. The van der Waals surface area contributed by atoms with Gasteiger partial charge in [-0.3, -0.25) is 4.79 Å². The van der Waals surface area contributed by atoms with Gasteiger partial charge in [0.25, 0.3) is 0 Å². The van der Waals surface area contributed by atoms with E-state index in [9.17, 15) is 9.59 Å². The average Bonchev–Trinajstić information content (AvgIpc) is 2.41. The monoisotopic (exact) mass is 425 g/mol. The number of amides is 1. The number of rotatable bonds is 6. The zero-order valence-electron chi connectivity index (χ0n) is 10.8. The van der Waals surface area contributed by atoms with Crippen LogP contribution in [0.15, 0.2) is 21.1 Å². The Hall–Kier alpha value is -0.590. The van der Waals surface area contributed by atoms with Gasteiger partial charge in [0.05, 0.1) is 18.4 Å². The standard InChI is InChI=1S/C13H14Br2ClNO3/c1-20-13(19)9-6-8(14)7-10(15)12(9)17-11(18)4-2-3-5-16/h6-7H,2-5H2,1H3,(H,17,18). The number of carbonyl (C=O) groups excluding carboxylic acids is 2. The van der Waals surface area contributed by atoms with Crippen molar-refractivity contribution >= 4 is 61.0 Å². The summed E-state index contributed by atoms with van der Waals surface area (Å²) in [5.41, 5.74) is 0.704. The molecule has 0 aromatic heterocycles. The smallest absolute Gasteiger partial charge is 0.340 e. The molecule has 0 saturated heterocycles. The summed E-state index contributed by atoms with van der Waals surface area (Å²) in [6.45, 7) is 0. The summed E-state index contributed by atoms with van der Waals surface area (Å²) >= 11 is 12.2. The minimum absolute atomic E-state index is 0.164. The summed E-state index contributed by atoms with van der Waals surface area (Å²) in [5.74, 6) is -0.144. The number of alkyl halides is 1. The van der Waals surface area contributed by atoms with E-state index in [0.717, 1.165) is 6.42 Å². The Kier molecular flexibility index (Phi) is 7.55. The van der Waals surface area contributed by atoms with Gasteiger partial charge in [-0.2, -0.15) is 0 Å². The topological polar surface area (TPSA) is 55.4 Å². The molecule has 110 valence electrons. The molecule has 0 heterocycles. The predicted molar refractivity (Wildman–Crippen MR) is 86.4 cm³/mol. The maximum Gasteiger partial charge on any atom is 0.340 e. The van der Waals surface area contributed by atoms with Crippen LogP contribution in [0.2, 0.25) is 0 Å². The first-order valence-corrected chi connectivity index (χ1v) is 8.04. The van der Waals surface area contributed by atoms with Gasteiger partial charge in [-0.25, -0.2) is 4.79 Å². The lowest BCUT2D eigenvalue weighted by molar-refractivity contribution is -0.116. The van der Waals surface area contributed by atoms with E-state index in [0.29, 0.717) is 38.9 Å². The van der Waals surface area contributed by atoms with E-state index in [-0.39, 0.29) is 5.91 Å². The SMILES string of the molecule is COC(=O)c1cc(Br)cc(Br)c1NC(=O)CCCCCl. The van der Waals surface area contributed by atoms with E-state index in [1.165, 1.54) is 7.11 Å². The Labute approximate surface area is 139 Å². The van der Waals surface area contributed by atoms with Gasteiger partial charge in [-0.15, -0.1) is 11.6 Å². The van der Waals surface area contributed by atoms with E-state index in [1.807, 2.05) is 0 Å². The fraction of sp³-hybridized carbons (Fsp3) is 0.385. The Morgan fingerprint density at radius 2 is 2.00 bits per heavy atom. The maximum atomic E-state index is 11.8. The van der Waals surface area contributed by atoms with E-state index in [1.54, 1.807) is 12.1 Å². The molecule has 0 saturated carbocycles. The Morgan fingerprint density at radius 3 is 2.60 bits per heavy atom. The van der Waals surface area contributed by atoms with Gasteiger partial charge in [-0.05, 0) is 40.9 Å². The second-order valence-corrected chi connectivity index (χ2v) is 6.14. The van der Waals surface area contributed by atoms with Gasteiger partial charge < -0.3 is 10.1 Å². The second-order valence-electron chi connectivity index (χ2n) is 4.00. The molecule has 1 aromatic carbocycles. The van der Waals surface area contributed by atoms with E-state index >= 15 is 0 Å². The van der Waals surface area contributed by atoms with Crippen molar-refractivity contribution in [1.82, 2.24) is 0 Å². The molecule has 20 heavy (non-hydrogen) atoms. The number of hydrogen-bond acceptors (Lipinski definition) is 3. The van der Waals surface area contributed by atoms with Crippen LogP contribution >= 0.6 is 43.5 Å².